The van der Waals surface area contributed by atoms with Crippen LogP contribution in [-0.2, 0) is 9.53 Å². The Labute approximate surface area is 120 Å². The number of nitrogens with two attached hydrogens (primary N) is 1. The molecule has 0 saturated carbocycles. The summed E-state index contributed by atoms with van der Waals surface area (Å²) in [5, 5.41) is 2.95. The van der Waals surface area contributed by atoms with Crippen molar-refractivity contribution in [1.82, 2.24) is 4.90 Å². The third-order valence-electron chi connectivity index (χ3n) is 3.55. The summed E-state index contributed by atoms with van der Waals surface area (Å²) in [6, 6.07) is 7.76. The fraction of sp³-hybridized carbons (Fsp3) is 0.533. The molecule has 5 heteroatoms. The summed E-state index contributed by atoms with van der Waals surface area (Å²) < 4.78 is 5.59. The average Bonchev–Trinajstić information content (AvgIpc) is 2.41. The van der Waals surface area contributed by atoms with Gasteiger partial charge >= 0.3 is 0 Å². The van der Waals surface area contributed by atoms with Gasteiger partial charge in [-0.25, -0.2) is 0 Å². The van der Waals surface area contributed by atoms with Crippen LogP contribution in [0.25, 0.3) is 0 Å². The minimum absolute atomic E-state index is 0.00428. The third kappa shape index (κ3) is 4.03. The number of hydrogen-bond donors (Lipinski definition) is 2. The van der Waals surface area contributed by atoms with Crippen molar-refractivity contribution in [1.29, 1.82) is 0 Å². The van der Waals surface area contributed by atoms with Crippen LogP contribution in [0.5, 0.6) is 0 Å². The summed E-state index contributed by atoms with van der Waals surface area (Å²) in [5.74, 6) is 0.00428. The molecule has 1 fully saturated rings. The van der Waals surface area contributed by atoms with Gasteiger partial charge in [0.1, 0.15) is 0 Å². The Morgan fingerprint density at radius 3 is 3.00 bits per heavy atom. The highest BCUT2D eigenvalue weighted by molar-refractivity contribution is 5.92. The fourth-order valence-electron chi connectivity index (χ4n) is 2.30. The number of carbonyl (C=O) groups excluding carboxylic acids is 1. The molecule has 2 unspecified atom stereocenters. The van der Waals surface area contributed by atoms with E-state index >= 15 is 0 Å². The number of para-hydroxylation sites is 1. The number of hydrogen-bond acceptors (Lipinski definition) is 4. The number of morpholine rings is 1. The quantitative estimate of drug-likeness (QED) is 0.861. The second kappa shape index (κ2) is 6.83. The van der Waals surface area contributed by atoms with Crippen LogP contribution in [0.3, 0.4) is 0 Å². The first-order chi connectivity index (χ1) is 9.56. The van der Waals surface area contributed by atoms with Crippen molar-refractivity contribution in [2.45, 2.75) is 26.0 Å². The van der Waals surface area contributed by atoms with Gasteiger partial charge < -0.3 is 15.8 Å². The van der Waals surface area contributed by atoms with E-state index in [1.165, 1.54) is 0 Å². The van der Waals surface area contributed by atoms with E-state index in [0.29, 0.717) is 19.7 Å². The molecular formula is C15H23N3O2. The molecule has 110 valence electrons. The lowest BCUT2D eigenvalue weighted by Gasteiger charge is -2.34. The zero-order chi connectivity index (χ0) is 14.5. The summed E-state index contributed by atoms with van der Waals surface area (Å²) in [7, 11) is 0. The van der Waals surface area contributed by atoms with Gasteiger partial charge in [0.25, 0.3) is 0 Å². The highest BCUT2D eigenvalue weighted by Crippen LogP contribution is 2.13. The van der Waals surface area contributed by atoms with Crippen LogP contribution in [0.2, 0.25) is 0 Å². The first-order valence-electron chi connectivity index (χ1n) is 7.01. The molecule has 1 saturated heterocycles. The van der Waals surface area contributed by atoms with E-state index in [2.05, 4.69) is 10.2 Å². The van der Waals surface area contributed by atoms with Crippen molar-refractivity contribution >= 4 is 11.6 Å². The van der Waals surface area contributed by atoms with Crippen LogP contribution in [0.15, 0.2) is 24.3 Å². The predicted octanol–water partition coefficient (Wildman–Crippen LogP) is 0.982. The minimum atomic E-state index is -0.0165. The van der Waals surface area contributed by atoms with Gasteiger partial charge in [-0.1, -0.05) is 18.2 Å². The van der Waals surface area contributed by atoms with Crippen molar-refractivity contribution in [3.05, 3.63) is 29.8 Å². The van der Waals surface area contributed by atoms with E-state index in [4.69, 9.17) is 10.5 Å². The van der Waals surface area contributed by atoms with Gasteiger partial charge in [-0.05, 0) is 25.5 Å². The van der Waals surface area contributed by atoms with Crippen molar-refractivity contribution in [3.63, 3.8) is 0 Å². The molecule has 0 spiro atoms. The molecule has 1 aliphatic rings. The van der Waals surface area contributed by atoms with Gasteiger partial charge in [-0.15, -0.1) is 0 Å². The average molecular weight is 277 g/mol. The van der Waals surface area contributed by atoms with E-state index in [-0.39, 0.29) is 18.1 Å². The SMILES string of the molecule is Cc1ccccc1NC(=O)CN1CCOC(C(C)N)C1. The monoisotopic (exact) mass is 277 g/mol. The summed E-state index contributed by atoms with van der Waals surface area (Å²) in [4.78, 5) is 14.2. The van der Waals surface area contributed by atoms with Crippen LogP contribution < -0.4 is 11.1 Å². The predicted molar refractivity (Wildman–Crippen MR) is 79.6 cm³/mol. The van der Waals surface area contributed by atoms with E-state index in [1.807, 2.05) is 38.1 Å². The molecule has 2 rings (SSSR count). The number of aryl methyl sites for hydroxylation is 1. The van der Waals surface area contributed by atoms with Crippen LogP contribution in [-0.4, -0.2) is 49.2 Å². The van der Waals surface area contributed by atoms with Gasteiger partial charge in [0.05, 0.1) is 19.3 Å². The lowest BCUT2D eigenvalue weighted by molar-refractivity contribution is -0.119. The number of benzene rings is 1. The molecule has 1 aromatic rings. The van der Waals surface area contributed by atoms with E-state index < -0.39 is 0 Å². The molecule has 2 atom stereocenters. The first-order valence-corrected chi connectivity index (χ1v) is 7.01. The van der Waals surface area contributed by atoms with Crippen molar-refractivity contribution in [3.8, 4) is 0 Å². The summed E-state index contributed by atoms with van der Waals surface area (Å²) in [6.07, 6.45) is 0.00927. The second-order valence-corrected chi connectivity index (χ2v) is 5.37. The maximum absolute atomic E-state index is 12.1. The lowest BCUT2D eigenvalue weighted by atomic mass is 10.1. The Morgan fingerprint density at radius 2 is 2.30 bits per heavy atom. The van der Waals surface area contributed by atoms with Gasteiger partial charge in [-0.2, -0.15) is 0 Å². The highest BCUT2D eigenvalue weighted by Gasteiger charge is 2.24. The fourth-order valence-corrected chi connectivity index (χ4v) is 2.30. The van der Waals surface area contributed by atoms with Gasteiger partial charge in [0.15, 0.2) is 0 Å². The Kier molecular flexibility index (Phi) is 5.11. The molecule has 0 radical (unpaired) electrons. The Balaban J connectivity index is 1.87. The standard InChI is InChI=1S/C15H23N3O2/c1-11-5-3-4-6-13(11)17-15(19)10-18-7-8-20-14(9-18)12(2)16/h3-6,12,14H,7-10,16H2,1-2H3,(H,17,19). The largest absolute Gasteiger partial charge is 0.374 e. The molecule has 1 heterocycles. The number of nitrogens with zero attached hydrogens (tertiary/aromatic N) is 1. The molecule has 5 nitrogen and oxygen atoms in total. The number of rotatable bonds is 4. The number of carbonyl (C=O) groups is 1. The molecule has 1 aromatic carbocycles. The van der Waals surface area contributed by atoms with Crippen LogP contribution in [0.1, 0.15) is 12.5 Å². The van der Waals surface area contributed by atoms with E-state index in [9.17, 15) is 4.79 Å². The molecule has 0 bridgehead atoms. The molecule has 0 aliphatic carbocycles. The van der Waals surface area contributed by atoms with Crippen molar-refractivity contribution in [2.75, 3.05) is 31.6 Å². The molecular weight excluding hydrogens is 254 g/mol. The second-order valence-electron chi connectivity index (χ2n) is 5.37. The molecule has 1 aliphatic heterocycles. The number of amides is 1. The zero-order valence-electron chi connectivity index (χ0n) is 12.1. The van der Waals surface area contributed by atoms with Gasteiger partial charge in [0.2, 0.25) is 5.91 Å². The Morgan fingerprint density at radius 1 is 1.55 bits per heavy atom. The molecule has 1 amide bonds. The molecule has 3 N–H and O–H groups in total. The van der Waals surface area contributed by atoms with Crippen molar-refractivity contribution < 1.29 is 9.53 Å². The first kappa shape index (κ1) is 15.0. The normalized spacial score (nSPS) is 21.4. The van der Waals surface area contributed by atoms with Gasteiger partial charge in [0, 0.05) is 24.8 Å². The smallest absolute Gasteiger partial charge is 0.238 e. The van der Waals surface area contributed by atoms with Crippen LogP contribution in [0.4, 0.5) is 5.69 Å². The maximum Gasteiger partial charge on any atom is 0.238 e. The van der Waals surface area contributed by atoms with Crippen LogP contribution in [0, 0.1) is 6.92 Å². The topological polar surface area (TPSA) is 67.6 Å². The number of anilines is 1. The lowest BCUT2D eigenvalue weighted by Crippen LogP contribution is -2.51. The maximum atomic E-state index is 12.1. The Hall–Kier alpha value is -1.43. The van der Waals surface area contributed by atoms with E-state index in [1.54, 1.807) is 0 Å². The van der Waals surface area contributed by atoms with Crippen molar-refractivity contribution in [2.24, 2.45) is 5.73 Å². The summed E-state index contributed by atoms with van der Waals surface area (Å²) in [6.45, 7) is 6.39. The number of nitrogens with one attached hydrogen (secondary N) is 1. The van der Waals surface area contributed by atoms with Gasteiger partial charge in [-0.3, -0.25) is 9.69 Å². The molecule has 20 heavy (non-hydrogen) atoms. The third-order valence-corrected chi connectivity index (χ3v) is 3.55. The Bertz CT molecular complexity index is 462. The van der Waals surface area contributed by atoms with Crippen LogP contribution >= 0.6 is 0 Å². The summed E-state index contributed by atoms with van der Waals surface area (Å²) >= 11 is 0. The minimum Gasteiger partial charge on any atom is -0.374 e. The zero-order valence-corrected chi connectivity index (χ0v) is 12.1. The summed E-state index contributed by atoms with van der Waals surface area (Å²) in [5.41, 5.74) is 7.79. The highest BCUT2D eigenvalue weighted by atomic mass is 16.5. The number of ether oxygens (including phenoxy) is 1. The van der Waals surface area contributed by atoms with E-state index in [0.717, 1.165) is 17.8 Å². The molecule has 0 aromatic heterocycles.